The fourth-order valence-corrected chi connectivity index (χ4v) is 1.93. The minimum absolute atomic E-state index is 0.0359. The van der Waals surface area contributed by atoms with E-state index in [9.17, 15) is 14.4 Å². The summed E-state index contributed by atoms with van der Waals surface area (Å²) >= 11 is 0. The average molecular weight is 345 g/mol. The lowest BCUT2D eigenvalue weighted by molar-refractivity contribution is -0.145. The van der Waals surface area contributed by atoms with Crippen molar-refractivity contribution in [1.29, 1.82) is 0 Å². The standard InChI is InChI=1S/C9H9NO2.C9H10O4/c10-9(11)12-7-6-8-4-2-1-3-5-8;1-9(8(12)13)4-2-3-6(5-9)7(10)11/h1-7H,(H2,10,11);2-4H,5H2,1H3,(H,10,11)(H,12,13). The smallest absolute Gasteiger partial charge is 0.409 e. The Kier molecular flexibility index (Phi) is 7.15. The van der Waals surface area contributed by atoms with Gasteiger partial charge in [-0.3, -0.25) is 4.79 Å². The van der Waals surface area contributed by atoms with Gasteiger partial charge in [0.1, 0.15) is 0 Å². The third-order valence-electron chi connectivity index (χ3n) is 3.33. The fraction of sp³-hybridized carbons (Fsp3) is 0.167. The molecule has 0 aliphatic heterocycles. The molecule has 25 heavy (non-hydrogen) atoms. The summed E-state index contributed by atoms with van der Waals surface area (Å²) in [6, 6.07) is 9.47. The van der Waals surface area contributed by atoms with Crippen LogP contribution in [0, 0.1) is 5.41 Å². The molecule has 1 aromatic carbocycles. The van der Waals surface area contributed by atoms with Crippen LogP contribution in [0.1, 0.15) is 18.9 Å². The minimum atomic E-state index is -1.08. The highest BCUT2D eigenvalue weighted by Gasteiger charge is 2.34. The number of allylic oxidation sites excluding steroid dienone is 2. The second-order valence-electron chi connectivity index (χ2n) is 5.41. The first-order valence-electron chi connectivity index (χ1n) is 7.27. The van der Waals surface area contributed by atoms with Gasteiger partial charge in [0.15, 0.2) is 0 Å². The van der Waals surface area contributed by atoms with Gasteiger partial charge in [-0.1, -0.05) is 48.6 Å². The molecule has 4 N–H and O–H groups in total. The van der Waals surface area contributed by atoms with Crippen molar-refractivity contribution in [3.8, 4) is 0 Å². The highest BCUT2D eigenvalue weighted by Crippen LogP contribution is 2.31. The summed E-state index contributed by atoms with van der Waals surface area (Å²) < 4.78 is 4.40. The van der Waals surface area contributed by atoms with E-state index in [-0.39, 0.29) is 12.0 Å². The first kappa shape index (κ1) is 19.7. The van der Waals surface area contributed by atoms with E-state index in [0.717, 1.165) is 5.56 Å². The van der Waals surface area contributed by atoms with Gasteiger partial charge >= 0.3 is 18.0 Å². The van der Waals surface area contributed by atoms with E-state index < -0.39 is 23.4 Å². The Bertz CT molecular complexity index is 720. The topological polar surface area (TPSA) is 127 Å². The zero-order chi connectivity index (χ0) is 18.9. The van der Waals surface area contributed by atoms with Crippen LogP contribution in [0.5, 0.6) is 0 Å². The van der Waals surface area contributed by atoms with E-state index in [1.54, 1.807) is 6.08 Å². The van der Waals surface area contributed by atoms with E-state index in [0.29, 0.717) is 0 Å². The molecule has 7 nitrogen and oxygen atoms in total. The summed E-state index contributed by atoms with van der Waals surface area (Å²) in [6.45, 7) is 1.50. The number of amides is 1. The number of hydrogen-bond donors (Lipinski definition) is 3. The molecule has 7 heteroatoms. The van der Waals surface area contributed by atoms with E-state index in [1.165, 1.54) is 31.4 Å². The van der Waals surface area contributed by atoms with Crippen LogP contribution in [0.15, 0.2) is 60.4 Å². The normalized spacial score (nSPS) is 18.7. The summed E-state index contributed by atoms with van der Waals surface area (Å²) in [5.74, 6) is -2.06. The van der Waals surface area contributed by atoms with Crippen LogP contribution < -0.4 is 5.73 Å². The van der Waals surface area contributed by atoms with Crippen LogP contribution in [0.3, 0.4) is 0 Å². The molecule has 1 atom stereocenters. The van der Waals surface area contributed by atoms with Crippen molar-refractivity contribution in [2.75, 3.05) is 0 Å². The lowest BCUT2D eigenvalue weighted by Crippen LogP contribution is -2.28. The molecule has 0 fully saturated rings. The fourth-order valence-electron chi connectivity index (χ4n) is 1.93. The Balaban J connectivity index is 0.000000251. The van der Waals surface area contributed by atoms with Crippen molar-refractivity contribution in [1.82, 2.24) is 0 Å². The lowest BCUT2D eigenvalue weighted by atomic mass is 9.80. The molecule has 0 radical (unpaired) electrons. The van der Waals surface area contributed by atoms with Crippen LogP contribution in [0.4, 0.5) is 4.79 Å². The third kappa shape index (κ3) is 6.74. The van der Waals surface area contributed by atoms with Gasteiger partial charge in [-0.15, -0.1) is 0 Å². The second kappa shape index (κ2) is 9.07. The second-order valence-corrected chi connectivity index (χ2v) is 5.41. The Labute approximate surface area is 144 Å². The first-order chi connectivity index (χ1) is 11.7. The van der Waals surface area contributed by atoms with E-state index >= 15 is 0 Å². The molecule has 1 aliphatic rings. The number of carboxylic acids is 2. The number of hydrogen-bond acceptors (Lipinski definition) is 4. The van der Waals surface area contributed by atoms with Crippen LogP contribution in [-0.4, -0.2) is 28.2 Å². The first-order valence-corrected chi connectivity index (χ1v) is 7.27. The number of carboxylic acid groups (broad SMARTS) is 2. The third-order valence-corrected chi connectivity index (χ3v) is 3.33. The molecular weight excluding hydrogens is 326 g/mol. The van der Waals surface area contributed by atoms with Gasteiger partial charge in [-0.2, -0.15) is 0 Å². The number of nitrogens with two attached hydrogens (primary N) is 1. The van der Waals surface area contributed by atoms with Gasteiger partial charge in [0.05, 0.1) is 11.7 Å². The molecule has 1 amide bonds. The molecule has 1 aromatic rings. The van der Waals surface area contributed by atoms with Gasteiger partial charge in [-0.05, 0) is 25.0 Å². The largest absolute Gasteiger partial charge is 0.481 e. The quantitative estimate of drug-likeness (QED) is 0.720. The molecule has 1 aliphatic carbocycles. The summed E-state index contributed by atoms with van der Waals surface area (Å²) in [5.41, 5.74) is 4.75. The van der Waals surface area contributed by atoms with Gasteiger partial charge in [0.2, 0.25) is 0 Å². The number of carbonyl (C=O) groups excluding carboxylic acids is 1. The van der Waals surface area contributed by atoms with E-state index in [4.69, 9.17) is 15.9 Å². The van der Waals surface area contributed by atoms with Crippen LogP contribution in [0.2, 0.25) is 0 Å². The van der Waals surface area contributed by atoms with Crippen molar-refractivity contribution in [2.45, 2.75) is 13.3 Å². The van der Waals surface area contributed by atoms with Crippen molar-refractivity contribution in [3.05, 3.63) is 66.0 Å². The maximum atomic E-state index is 10.8. The maximum Gasteiger partial charge on any atom is 0.409 e. The summed E-state index contributed by atoms with van der Waals surface area (Å²) in [6.07, 6.45) is 6.55. The number of aliphatic carboxylic acids is 2. The Morgan fingerprint density at radius 1 is 1.20 bits per heavy atom. The van der Waals surface area contributed by atoms with Crippen molar-refractivity contribution < 1.29 is 29.3 Å². The Morgan fingerprint density at radius 3 is 2.36 bits per heavy atom. The molecule has 2 rings (SSSR count). The summed E-state index contributed by atoms with van der Waals surface area (Å²) in [5, 5.41) is 17.5. The number of carbonyl (C=O) groups is 3. The SMILES string of the molecule is CC1(C(=O)O)C=CC=C(C(=O)O)C1.NC(=O)OC=Cc1ccccc1. The highest BCUT2D eigenvalue weighted by molar-refractivity contribution is 5.90. The molecule has 0 saturated carbocycles. The number of primary amides is 1. The van der Waals surface area contributed by atoms with E-state index in [1.807, 2.05) is 30.3 Å². The molecule has 132 valence electrons. The highest BCUT2D eigenvalue weighted by atomic mass is 16.5. The Hall–Kier alpha value is -3.35. The number of ether oxygens (including phenoxy) is 1. The summed E-state index contributed by atoms with van der Waals surface area (Å²) in [7, 11) is 0. The lowest BCUT2D eigenvalue weighted by Gasteiger charge is -2.23. The predicted octanol–water partition coefficient (Wildman–Crippen LogP) is 2.80. The predicted molar refractivity (Wildman–Crippen MR) is 91.4 cm³/mol. The number of rotatable bonds is 4. The summed E-state index contributed by atoms with van der Waals surface area (Å²) in [4.78, 5) is 31.5. The molecule has 0 spiro atoms. The minimum Gasteiger partial charge on any atom is -0.481 e. The van der Waals surface area contributed by atoms with Crippen molar-refractivity contribution in [3.63, 3.8) is 0 Å². The van der Waals surface area contributed by atoms with Gasteiger partial charge in [0, 0.05) is 5.57 Å². The molecule has 0 heterocycles. The van der Waals surface area contributed by atoms with Crippen LogP contribution >= 0.6 is 0 Å². The average Bonchev–Trinajstić information content (AvgIpc) is 2.56. The van der Waals surface area contributed by atoms with Crippen LogP contribution in [0.25, 0.3) is 6.08 Å². The molecule has 1 unspecified atom stereocenters. The molecule has 0 bridgehead atoms. The molecule has 0 aromatic heterocycles. The van der Waals surface area contributed by atoms with Gasteiger partial charge in [-0.25, -0.2) is 9.59 Å². The zero-order valence-electron chi connectivity index (χ0n) is 13.6. The Morgan fingerprint density at radius 2 is 1.84 bits per heavy atom. The zero-order valence-corrected chi connectivity index (χ0v) is 13.6. The number of benzene rings is 1. The monoisotopic (exact) mass is 345 g/mol. The van der Waals surface area contributed by atoms with Crippen molar-refractivity contribution >= 4 is 24.1 Å². The molecular formula is C18H19NO6. The van der Waals surface area contributed by atoms with Gasteiger partial charge in [0.25, 0.3) is 0 Å². The van der Waals surface area contributed by atoms with Crippen molar-refractivity contribution in [2.24, 2.45) is 11.1 Å². The van der Waals surface area contributed by atoms with E-state index in [2.05, 4.69) is 4.74 Å². The molecule has 0 saturated heterocycles. The van der Waals surface area contributed by atoms with Gasteiger partial charge < -0.3 is 20.7 Å². The van der Waals surface area contributed by atoms with Crippen LogP contribution in [-0.2, 0) is 14.3 Å². The maximum absolute atomic E-state index is 10.8.